The number of nitrogens with zero attached hydrogens (tertiary/aromatic N) is 1. The fourth-order valence-corrected chi connectivity index (χ4v) is 2.15. The first-order valence-corrected chi connectivity index (χ1v) is 7.20. The number of hydrogen-bond donors (Lipinski definition) is 2. The molecule has 0 spiro atoms. The zero-order valence-electron chi connectivity index (χ0n) is 12.4. The second-order valence-electron chi connectivity index (χ2n) is 4.80. The van der Waals surface area contributed by atoms with Gasteiger partial charge in [0.1, 0.15) is 11.6 Å². The van der Waals surface area contributed by atoms with Gasteiger partial charge in [-0.15, -0.1) is 0 Å². The molecule has 21 heavy (non-hydrogen) atoms. The third kappa shape index (κ3) is 4.34. The van der Waals surface area contributed by atoms with E-state index in [9.17, 15) is 4.79 Å². The van der Waals surface area contributed by atoms with Crippen LogP contribution in [0.4, 0.5) is 0 Å². The van der Waals surface area contributed by atoms with Crippen LogP contribution in [-0.4, -0.2) is 22.5 Å². The summed E-state index contributed by atoms with van der Waals surface area (Å²) in [5.74, 6) is 1.62. The molecule has 5 heteroatoms. The second-order valence-corrected chi connectivity index (χ2v) is 4.80. The van der Waals surface area contributed by atoms with Crippen LogP contribution in [0.25, 0.3) is 0 Å². The number of nitrogens with one attached hydrogen (secondary N) is 2. The molecule has 112 valence electrons. The van der Waals surface area contributed by atoms with Crippen LogP contribution in [-0.2, 0) is 11.2 Å². The SMILES string of the molecule is CCOc1ccccc1CCC(=O)NC(C)c1ncc[nH]1. The van der Waals surface area contributed by atoms with Gasteiger partial charge >= 0.3 is 0 Å². The first-order valence-electron chi connectivity index (χ1n) is 7.20. The number of H-pyrrole nitrogens is 1. The predicted octanol–water partition coefficient (Wildman–Crippen LogP) is 2.62. The maximum Gasteiger partial charge on any atom is 0.220 e. The van der Waals surface area contributed by atoms with E-state index in [1.54, 1.807) is 12.4 Å². The average Bonchev–Trinajstić information content (AvgIpc) is 3.01. The number of benzene rings is 1. The highest BCUT2D eigenvalue weighted by atomic mass is 16.5. The molecule has 1 aromatic heterocycles. The molecule has 0 aliphatic heterocycles. The Morgan fingerprint density at radius 2 is 2.24 bits per heavy atom. The average molecular weight is 287 g/mol. The van der Waals surface area contributed by atoms with Crippen molar-refractivity contribution in [1.82, 2.24) is 15.3 Å². The number of aromatic nitrogens is 2. The minimum Gasteiger partial charge on any atom is -0.494 e. The Morgan fingerprint density at radius 3 is 2.95 bits per heavy atom. The standard InChI is InChI=1S/C16H21N3O2/c1-3-21-14-7-5-4-6-13(14)8-9-15(20)19-12(2)16-17-10-11-18-16/h4-7,10-12H,3,8-9H2,1-2H3,(H,17,18)(H,19,20). The number of aromatic amines is 1. The molecule has 1 heterocycles. The molecule has 1 unspecified atom stereocenters. The quantitative estimate of drug-likeness (QED) is 0.822. The van der Waals surface area contributed by atoms with E-state index < -0.39 is 0 Å². The van der Waals surface area contributed by atoms with Gasteiger partial charge < -0.3 is 15.0 Å². The number of para-hydroxylation sites is 1. The molecule has 0 aliphatic carbocycles. The molecule has 2 aromatic rings. The Hall–Kier alpha value is -2.30. The third-order valence-corrected chi connectivity index (χ3v) is 3.20. The molecule has 0 fully saturated rings. The number of amides is 1. The normalized spacial score (nSPS) is 11.9. The van der Waals surface area contributed by atoms with Crippen molar-refractivity contribution < 1.29 is 9.53 Å². The Morgan fingerprint density at radius 1 is 1.43 bits per heavy atom. The Balaban J connectivity index is 1.86. The first kappa shape index (κ1) is 15.1. The highest BCUT2D eigenvalue weighted by Gasteiger charge is 2.12. The Bertz CT molecular complexity index is 567. The maximum absolute atomic E-state index is 12.0. The van der Waals surface area contributed by atoms with Crippen molar-refractivity contribution >= 4 is 5.91 Å². The van der Waals surface area contributed by atoms with E-state index in [2.05, 4.69) is 15.3 Å². The summed E-state index contributed by atoms with van der Waals surface area (Å²) in [6.07, 6.45) is 4.51. The van der Waals surface area contributed by atoms with Crippen LogP contribution < -0.4 is 10.1 Å². The summed E-state index contributed by atoms with van der Waals surface area (Å²) in [5, 5.41) is 2.93. The molecule has 2 N–H and O–H groups in total. The number of hydrogen-bond acceptors (Lipinski definition) is 3. The molecule has 0 saturated heterocycles. The minimum atomic E-state index is -0.116. The van der Waals surface area contributed by atoms with Gasteiger partial charge in [-0.25, -0.2) is 4.98 Å². The van der Waals surface area contributed by atoms with Gasteiger partial charge in [0.2, 0.25) is 5.91 Å². The summed E-state index contributed by atoms with van der Waals surface area (Å²) < 4.78 is 5.56. The van der Waals surface area contributed by atoms with E-state index in [0.29, 0.717) is 19.4 Å². The summed E-state index contributed by atoms with van der Waals surface area (Å²) in [4.78, 5) is 19.1. The number of ether oxygens (including phenoxy) is 1. The molecule has 0 saturated carbocycles. The van der Waals surface area contributed by atoms with E-state index in [1.807, 2.05) is 38.1 Å². The second kappa shape index (κ2) is 7.47. The summed E-state index contributed by atoms with van der Waals surface area (Å²) in [5.41, 5.74) is 1.06. The zero-order chi connectivity index (χ0) is 15.1. The van der Waals surface area contributed by atoms with Gasteiger partial charge in [-0.3, -0.25) is 4.79 Å². The monoisotopic (exact) mass is 287 g/mol. The summed E-state index contributed by atoms with van der Waals surface area (Å²) in [7, 11) is 0. The number of aryl methyl sites for hydroxylation is 1. The van der Waals surface area contributed by atoms with Gasteiger partial charge in [-0.05, 0) is 31.9 Å². The van der Waals surface area contributed by atoms with Crippen LogP contribution in [0.5, 0.6) is 5.75 Å². The number of carbonyl (C=O) groups is 1. The van der Waals surface area contributed by atoms with Crippen LogP contribution >= 0.6 is 0 Å². The van der Waals surface area contributed by atoms with E-state index in [1.165, 1.54) is 0 Å². The molecule has 2 rings (SSSR count). The van der Waals surface area contributed by atoms with Crippen LogP contribution in [0.15, 0.2) is 36.7 Å². The Labute approximate surface area is 124 Å². The van der Waals surface area contributed by atoms with Gasteiger partial charge in [0, 0.05) is 18.8 Å². The van der Waals surface area contributed by atoms with Gasteiger partial charge in [0.25, 0.3) is 0 Å². The van der Waals surface area contributed by atoms with Crippen molar-refractivity contribution in [2.75, 3.05) is 6.61 Å². The van der Waals surface area contributed by atoms with Crippen molar-refractivity contribution in [2.24, 2.45) is 0 Å². The number of imidazole rings is 1. The van der Waals surface area contributed by atoms with Crippen LogP contribution in [0.1, 0.15) is 37.7 Å². The highest BCUT2D eigenvalue weighted by molar-refractivity contribution is 5.76. The van der Waals surface area contributed by atoms with Crippen LogP contribution in [0, 0.1) is 0 Å². The molecule has 0 radical (unpaired) electrons. The fourth-order valence-electron chi connectivity index (χ4n) is 2.15. The third-order valence-electron chi connectivity index (χ3n) is 3.20. The topological polar surface area (TPSA) is 67.0 Å². The van der Waals surface area contributed by atoms with Gasteiger partial charge in [-0.1, -0.05) is 18.2 Å². The van der Waals surface area contributed by atoms with Crippen molar-refractivity contribution in [3.63, 3.8) is 0 Å². The molecule has 0 bridgehead atoms. The maximum atomic E-state index is 12.0. The first-order chi connectivity index (χ1) is 10.2. The van der Waals surface area contributed by atoms with E-state index in [4.69, 9.17) is 4.74 Å². The lowest BCUT2D eigenvalue weighted by molar-refractivity contribution is -0.121. The zero-order valence-corrected chi connectivity index (χ0v) is 12.4. The summed E-state index contributed by atoms with van der Waals surface area (Å²) in [6.45, 7) is 4.48. The summed E-state index contributed by atoms with van der Waals surface area (Å²) >= 11 is 0. The largest absolute Gasteiger partial charge is 0.494 e. The lowest BCUT2D eigenvalue weighted by atomic mass is 10.1. The minimum absolute atomic E-state index is 0.00482. The Kier molecular flexibility index (Phi) is 5.37. The molecule has 0 aliphatic rings. The van der Waals surface area contributed by atoms with Crippen molar-refractivity contribution in [3.8, 4) is 5.75 Å². The van der Waals surface area contributed by atoms with E-state index in [-0.39, 0.29) is 11.9 Å². The van der Waals surface area contributed by atoms with Gasteiger partial charge in [0.05, 0.1) is 12.6 Å². The smallest absolute Gasteiger partial charge is 0.220 e. The summed E-state index contributed by atoms with van der Waals surface area (Å²) in [6, 6.07) is 7.71. The molecular formula is C16H21N3O2. The lowest BCUT2D eigenvalue weighted by Crippen LogP contribution is -2.27. The molecular weight excluding hydrogens is 266 g/mol. The molecule has 5 nitrogen and oxygen atoms in total. The van der Waals surface area contributed by atoms with Gasteiger partial charge in [0.15, 0.2) is 0 Å². The highest BCUT2D eigenvalue weighted by Crippen LogP contribution is 2.19. The van der Waals surface area contributed by atoms with Gasteiger partial charge in [-0.2, -0.15) is 0 Å². The number of carbonyl (C=O) groups excluding carboxylic acids is 1. The molecule has 1 amide bonds. The van der Waals surface area contributed by atoms with Crippen LogP contribution in [0.2, 0.25) is 0 Å². The van der Waals surface area contributed by atoms with Crippen molar-refractivity contribution in [2.45, 2.75) is 32.7 Å². The number of rotatable bonds is 7. The molecule has 1 aromatic carbocycles. The molecule has 1 atom stereocenters. The van der Waals surface area contributed by atoms with Crippen molar-refractivity contribution in [3.05, 3.63) is 48.0 Å². The fraction of sp³-hybridized carbons (Fsp3) is 0.375. The van der Waals surface area contributed by atoms with Crippen LogP contribution in [0.3, 0.4) is 0 Å². The van der Waals surface area contributed by atoms with Crippen molar-refractivity contribution in [1.29, 1.82) is 0 Å². The van der Waals surface area contributed by atoms with E-state index >= 15 is 0 Å². The predicted molar refractivity (Wildman–Crippen MR) is 81.1 cm³/mol. The van der Waals surface area contributed by atoms with E-state index in [0.717, 1.165) is 17.1 Å². The lowest BCUT2D eigenvalue weighted by Gasteiger charge is -2.13.